The van der Waals surface area contributed by atoms with Crippen molar-refractivity contribution in [3.63, 3.8) is 0 Å². The minimum atomic E-state index is -0.867. The predicted octanol–water partition coefficient (Wildman–Crippen LogP) is 1.83. The average Bonchev–Trinajstić information content (AvgIpc) is 2.86. The summed E-state index contributed by atoms with van der Waals surface area (Å²) in [6.45, 7) is 5.23. The highest BCUT2D eigenvalue weighted by molar-refractivity contribution is 5.81. The summed E-state index contributed by atoms with van der Waals surface area (Å²) in [4.78, 5) is 42.7. The molecular formula is C25H36N4O8. The molecule has 0 spiro atoms. The fraction of sp³-hybridized carbons (Fsp3) is 0.480. The van der Waals surface area contributed by atoms with Crippen molar-refractivity contribution in [2.24, 2.45) is 5.73 Å². The van der Waals surface area contributed by atoms with E-state index in [2.05, 4.69) is 20.0 Å². The van der Waals surface area contributed by atoms with E-state index in [1.165, 1.54) is 21.3 Å². The molecule has 2 aromatic rings. The molecule has 0 unspecified atom stereocenters. The van der Waals surface area contributed by atoms with E-state index in [1.54, 1.807) is 64.8 Å². The molecule has 204 valence electrons. The van der Waals surface area contributed by atoms with Crippen LogP contribution in [0.25, 0.3) is 0 Å². The van der Waals surface area contributed by atoms with Crippen molar-refractivity contribution in [3.05, 3.63) is 48.0 Å². The van der Waals surface area contributed by atoms with Gasteiger partial charge in [0.05, 0.1) is 40.8 Å². The van der Waals surface area contributed by atoms with Gasteiger partial charge in [-0.05, 0) is 50.5 Å². The van der Waals surface area contributed by atoms with E-state index in [9.17, 15) is 14.4 Å². The molecule has 0 aliphatic carbocycles. The molecule has 2 heterocycles. The number of amides is 1. The van der Waals surface area contributed by atoms with Crippen molar-refractivity contribution >= 4 is 18.0 Å². The minimum absolute atomic E-state index is 0.218. The summed E-state index contributed by atoms with van der Waals surface area (Å²) in [6.07, 6.45) is 6.30. The second-order valence-corrected chi connectivity index (χ2v) is 8.73. The van der Waals surface area contributed by atoms with Gasteiger partial charge < -0.3 is 34.7 Å². The van der Waals surface area contributed by atoms with Crippen molar-refractivity contribution in [1.82, 2.24) is 15.3 Å². The smallest absolute Gasteiger partial charge is 0.408 e. The SMILES string of the molecule is COC(=O)[C@@H](Cc1cncc(OC)c1)NC(=O)OC(C)(C)C.COC(=O)[C@H](N)Cc1cncc(OC)c1. The lowest BCUT2D eigenvalue weighted by Crippen LogP contribution is -2.45. The van der Waals surface area contributed by atoms with Crippen molar-refractivity contribution < 1.29 is 38.1 Å². The highest BCUT2D eigenvalue weighted by Gasteiger charge is 2.25. The molecule has 2 atom stereocenters. The van der Waals surface area contributed by atoms with Crippen molar-refractivity contribution in [2.45, 2.75) is 51.3 Å². The number of aromatic nitrogens is 2. The Morgan fingerprint density at radius 3 is 1.76 bits per heavy atom. The van der Waals surface area contributed by atoms with E-state index in [0.717, 1.165) is 11.1 Å². The van der Waals surface area contributed by atoms with Crippen LogP contribution in [0.15, 0.2) is 36.9 Å². The first-order valence-electron chi connectivity index (χ1n) is 11.3. The largest absolute Gasteiger partial charge is 0.495 e. The topological polar surface area (TPSA) is 161 Å². The summed E-state index contributed by atoms with van der Waals surface area (Å²) >= 11 is 0. The maximum atomic E-state index is 11.8. The van der Waals surface area contributed by atoms with Gasteiger partial charge in [0.1, 0.15) is 29.2 Å². The summed E-state index contributed by atoms with van der Waals surface area (Å²) in [7, 11) is 5.65. The van der Waals surface area contributed by atoms with Gasteiger partial charge in [0, 0.05) is 18.8 Å². The van der Waals surface area contributed by atoms with Crippen LogP contribution < -0.4 is 20.5 Å². The zero-order chi connectivity index (χ0) is 28.0. The molecule has 0 aromatic carbocycles. The monoisotopic (exact) mass is 520 g/mol. The second kappa shape index (κ2) is 15.2. The Balaban J connectivity index is 0.000000397. The number of alkyl carbamates (subject to hydrolysis) is 1. The van der Waals surface area contributed by atoms with Crippen LogP contribution in [0.4, 0.5) is 4.79 Å². The number of hydrogen-bond acceptors (Lipinski definition) is 11. The van der Waals surface area contributed by atoms with Gasteiger partial charge in [-0.15, -0.1) is 0 Å². The van der Waals surface area contributed by atoms with Crippen molar-refractivity contribution in [2.75, 3.05) is 28.4 Å². The maximum absolute atomic E-state index is 11.8. The number of methoxy groups -OCH3 is 4. The minimum Gasteiger partial charge on any atom is -0.495 e. The van der Waals surface area contributed by atoms with Crippen LogP contribution in [0, 0.1) is 0 Å². The first-order chi connectivity index (χ1) is 17.4. The lowest BCUT2D eigenvalue weighted by Gasteiger charge is -2.22. The summed E-state index contributed by atoms with van der Waals surface area (Å²) in [5.74, 6) is 0.217. The Bertz CT molecular complexity index is 1030. The van der Waals surface area contributed by atoms with E-state index < -0.39 is 35.7 Å². The normalized spacial score (nSPS) is 12.1. The number of rotatable bonds is 9. The molecule has 12 nitrogen and oxygen atoms in total. The van der Waals surface area contributed by atoms with Gasteiger partial charge in [0.2, 0.25) is 0 Å². The molecule has 0 saturated carbocycles. The number of nitrogens with zero attached hydrogens (tertiary/aromatic N) is 2. The Kier molecular flexibility index (Phi) is 12.8. The predicted molar refractivity (Wildman–Crippen MR) is 134 cm³/mol. The zero-order valence-corrected chi connectivity index (χ0v) is 22.3. The highest BCUT2D eigenvalue weighted by atomic mass is 16.6. The third-order valence-electron chi connectivity index (χ3n) is 4.59. The standard InChI is InChI=1S/C15H22N2O5.C10H14N2O3/c1-15(2,3)22-14(19)17-12(13(18)21-5)7-10-6-11(20-4)9-16-8-10;1-14-8-3-7(5-12-6-8)4-9(11)10(13)15-2/h6,8-9,12H,7H2,1-5H3,(H,17,19);3,5-6,9H,4,11H2,1-2H3/t12-;9-/m11/s1. The average molecular weight is 521 g/mol. The number of pyridine rings is 2. The van der Waals surface area contributed by atoms with E-state index in [1.807, 2.05) is 0 Å². The molecule has 12 heteroatoms. The Labute approximate surface area is 216 Å². The van der Waals surface area contributed by atoms with Crippen LogP contribution in [0.2, 0.25) is 0 Å². The molecule has 0 saturated heterocycles. The Morgan fingerprint density at radius 1 is 0.838 bits per heavy atom. The van der Waals surface area contributed by atoms with Gasteiger partial charge in [-0.1, -0.05) is 0 Å². The molecule has 0 fully saturated rings. The Morgan fingerprint density at radius 2 is 1.32 bits per heavy atom. The molecule has 2 rings (SSSR count). The lowest BCUT2D eigenvalue weighted by molar-refractivity contribution is -0.143. The molecule has 0 aliphatic heterocycles. The maximum Gasteiger partial charge on any atom is 0.408 e. The molecule has 0 radical (unpaired) electrons. The summed E-state index contributed by atoms with van der Waals surface area (Å²) < 4.78 is 24.5. The molecule has 2 aromatic heterocycles. The van der Waals surface area contributed by atoms with E-state index in [0.29, 0.717) is 17.9 Å². The van der Waals surface area contributed by atoms with E-state index in [-0.39, 0.29) is 6.42 Å². The summed E-state index contributed by atoms with van der Waals surface area (Å²) in [5, 5.41) is 2.51. The van der Waals surface area contributed by atoms with Gasteiger partial charge in [-0.25, -0.2) is 9.59 Å². The van der Waals surface area contributed by atoms with E-state index >= 15 is 0 Å². The number of carbonyl (C=O) groups excluding carboxylic acids is 3. The fourth-order valence-electron chi connectivity index (χ4n) is 2.88. The van der Waals surface area contributed by atoms with Gasteiger partial charge in [-0.2, -0.15) is 0 Å². The number of nitrogens with one attached hydrogen (secondary N) is 1. The number of carbonyl (C=O) groups is 3. The van der Waals surface area contributed by atoms with Gasteiger partial charge >= 0.3 is 18.0 Å². The molecule has 0 bridgehead atoms. The number of hydrogen-bond donors (Lipinski definition) is 2. The first kappa shape index (κ1) is 31.1. The summed E-state index contributed by atoms with van der Waals surface area (Å²) in [5.41, 5.74) is 6.53. The Hall–Kier alpha value is -3.93. The third kappa shape index (κ3) is 12.0. The van der Waals surface area contributed by atoms with Crippen LogP contribution >= 0.6 is 0 Å². The van der Waals surface area contributed by atoms with Gasteiger partial charge in [-0.3, -0.25) is 14.8 Å². The molecule has 0 aliphatic rings. The van der Waals surface area contributed by atoms with E-state index in [4.69, 9.17) is 24.7 Å². The lowest BCUT2D eigenvalue weighted by atomic mass is 10.1. The second-order valence-electron chi connectivity index (χ2n) is 8.73. The molecule has 3 N–H and O–H groups in total. The molecule has 37 heavy (non-hydrogen) atoms. The quantitative estimate of drug-likeness (QED) is 0.366. The van der Waals surface area contributed by atoms with Crippen LogP contribution in [-0.2, 0) is 36.6 Å². The molecule has 1 amide bonds. The van der Waals surface area contributed by atoms with Gasteiger partial charge in [0.25, 0.3) is 0 Å². The first-order valence-corrected chi connectivity index (χ1v) is 11.3. The highest BCUT2D eigenvalue weighted by Crippen LogP contribution is 2.14. The zero-order valence-electron chi connectivity index (χ0n) is 22.3. The van der Waals surface area contributed by atoms with Crippen molar-refractivity contribution in [1.29, 1.82) is 0 Å². The molecular weight excluding hydrogens is 484 g/mol. The number of nitrogens with two attached hydrogens (primary N) is 1. The number of ether oxygens (including phenoxy) is 5. The van der Waals surface area contributed by atoms with Crippen molar-refractivity contribution in [3.8, 4) is 11.5 Å². The van der Waals surface area contributed by atoms with Gasteiger partial charge in [0.15, 0.2) is 0 Å². The third-order valence-corrected chi connectivity index (χ3v) is 4.59. The fourth-order valence-corrected chi connectivity index (χ4v) is 2.88. The van der Waals surface area contributed by atoms with Crippen LogP contribution in [-0.4, -0.2) is 74.1 Å². The van der Waals surface area contributed by atoms with Crippen LogP contribution in [0.5, 0.6) is 11.5 Å². The van der Waals surface area contributed by atoms with Crippen LogP contribution in [0.1, 0.15) is 31.9 Å². The number of esters is 2. The summed E-state index contributed by atoms with van der Waals surface area (Å²) in [6, 6.07) is 1.99. The van der Waals surface area contributed by atoms with Crippen LogP contribution in [0.3, 0.4) is 0 Å².